The van der Waals surface area contributed by atoms with Crippen LogP contribution in [-0.2, 0) is 0 Å². The van der Waals surface area contributed by atoms with Crippen molar-refractivity contribution in [1.29, 1.82) is 0 Å². The molecular weight excluding hydrogens is 695 g/mol. The Bertz CT molecular complexity index is 3160. The van der Waals surface area contributed by atoms with Crippen molar-refractivity contribution in [3.63, 3.8) is 0 Å². The zero-order chi connectivity index (χ0) is 35.6. The number of aromatic nitrogens is 3. The van der Waals surface area contributed by atoms with Gasteiger partial charge in [0.2, 0.25) is 0 Å². The Morgan fingerprint density at radius 2 is 0.963 bits per heavy atom. The zero-order valence-electron chi connectivity index (χ0n) is 28.9. The van der Waals surface area contributed by atoms with Gasteiger partial charge in [0.1, 0.15) is 0 Å². The Balaban J connectivity index is 1.12. The highest BCUT2D eigenvalue weighted by Gasteiger charge is 2.19. The van der Waals surface area contributed by atoms with Gasteiger partial charge in [0.25, 0.3) is 0 Å². The molecule has 11 aromatic rings. The fourth-order valence-corrected chi connectivity index (χ4v) is 10.1. The van der Waals surface area contributed by atoms with Crippen molar-refractivity contribution in [2.75, 3.05) is 0 Å². The molecule has 4 aromatic heterocycles. The summed E-state index contributed by atoms with van der Waals surface area (Å²) in [6.45, 7) is 0. The van der Waals surface area contributed by atoms with Crippen molar-refractivity contribution in [3.05, 3.63) is 176 Å². The van der Waals surface area contributed by atoms with E-state index in [0.29, 0.717) is 5.82 Å². The quantitative estimate of drug-likeness (QED) is 0.177. The van der Waals surface area contributed by atoms with Crippen LogP contribution in [0.5, 0.6) is 0 Å². The third-order valence-electron chi connectivity index (χ3n) is 10.3. The number of rotatable bonds is 5. The first-order chi connectivity index (χ1) is 26.7. The topological polar surface area (TPSA) is 38.7 Å². The van der Waals surface area contributed by atoms with Gasteiger partial charge < -0.3 is 0 Å². The fourth-order valence-electron chi connectivity index (χ4n) is 7.76. The van der Waals surface area contributed by atoms with Crippen molar-refractivity contribution in [2.24, 2.45) is 0 Å². The molecule has 3 nitrogen and oxygen atoms in total. The molecule has 0 amide bonds. The van der Waals surface area contributed by atoms with Gasteiger partial charge in [0.15, 0.2) is 5.82 Å². The second-order valence-corrected chi connectivity index (χ2v) is 15.7. The average molecular weight is 724 g/mol. The highest BCUT2D eigenvalue weighted by Crippen LogP contribution is 2.45. The molecule has 11 rings (SSSR count). The minimum atomic E-state index is 0.703. The third-order valence-corrected chi connectivity index (χ3v) is 12.6. The molecule has 0 saturated heterocycles. The minimum Gasteiger partial charge on any atom is -0.246 e. The molecule has 0 unspecified atom stereocenters. The molecule has 0 radical (unpaired) electrons. The first-order valence-electron chi connectivity index (χ1n) is 18.0. The summed E-state index contributed by atoms with van der Waals surface area (Å²) in [7, 11) is 0. The Hall–Kier alpha value is -6.53. The lowest BCUT2D eigenvalue weighted by Gasteiger charge is -2.12. The lowest BCUT2D eigenvalue weighted by Crippen LogP contribution is -1.96. The van der Waals surface area contributed by atoms with E-state index in [-0.39, 0.29) is 0 Å². The summed E-state index contributed by atoms with van der Waals surface area (Å²) in [4.78, 5) is 15.7. The van der Waals surface area contributed by atoms with Gasteiger partial charge in [-0.05, 0) is 47.5 Å². The maximum atomic E-state index is 5.53. The molecule has 0 aliphatic rings. The third kappa shape index (κ3) is 5.12. The molecule has 4 heterocycles. The average Bonchev–Trinajstić information content (AvgIpc) is 3.83. The van der Waals surface area contributed by atoms with Crippen LogP contribution in [0.25, 0.3) is 108 Å². The van der Waals surface area contributed by atoms with Crippen LogP contribution < -0.4 is 0 Å². The monoisotopic (exact) mass is 723 g/mol. The van der Waals surface area contributed by atoms with E-state index in [1.165, 1.54) is 56.9 Å². The van der Waals surface area contributed by atoms with E-state index in [2.05, 4.69) is 152 Å². The summed E-state index contributed by atoms with van der Waals surface area (Å²) >= 11 is 3.67. The molecule has 252 valence electrons. The Morgan fingerprint density at radius 1 is 0.352 bits per heavy atom. The SMILES string of the molecule is c1ccc(-c2cc(-c3cccc(-c4nc5cc(-c6cccc7sc8ccccc8c67)ccc5c5c4sc4ccccc45)c3)nc(-c3ccccc3)n2)cc1. The first kappa shape index (κ1) is 31.0. The van der Waals surface area contributed by atoms with Crippen molar-refractivity contribution in [1.82, 2.24) is 15.0 Å². The van der Waals surface area contributed by atoms with E-state index in [9.17, 15) is 0 Å². The first-order valence-corrected chi connectivity index (χ1v) is 19.6. The highest BCUT2D eigenvalue weighted by molar-refractivity contribution is 7.26. The normalized spacial score (nSPS) is 11.7. The Kier molecular flexibility index (Phi) is 7.22. The van der Waals surface area contributed by atoms with Crippen LogP contribution in [-0.4, -0.2) is 15.0 Å². The van der Waals surface area contributed by atoms with Gasteiger partial charge >= 0.3 is 0 Å². The number of hydrogen-bond acceptors (Lipinski definition) is 5. The molecule has 0 fully saturated rings. The van der Waals surface area contributed by atoms with Crippen LogP contribution in [0.4, 0.5) is 0 Å². The van der Waals surface area contributed by atoms with Gasteiger partial charge in [-0.25, -0.2) is 15.0 Å². The number of benzene rings is 7. The van der Waals surface area contributed by atoms with Crippen LogP contribution in [0.2, 0.25) is 0 Å². The Morgan fingerprint density at radius 3 is 1.76 bits per heavy atom. The number of nitrogens with zero attached hydrogens (tertiary/aromatic N) is 3. The zero-order valence-corrected chi connectivity index (χ0v) is 30.5. The lowest BCUT2D eigenvalue weighted by atomic mass is 9.96. The minimum absolute atomic E-state index is 0.703. The maximum absolute atomic E-state index is 5.53. The molecule has 0 saturated carbocycles. The van der Waals surface area contributed by atoms with Gasteiger partial charge in [-0.15, -0.1) is 22.7 Å². The van der Waals surface area contributed by atoms with Gasteiger partial charge in [0.05, 0.1) is 27.3 Å². The molecule has 0 bridgehead atoms. The Labute approximate surface area is 319 Å². The number of pyridine rings is 1. The van der Waals surface area contributed by atoms with Gasteiger partial charge in [0, 0.05) is 63.3 Å². The molecule has 0 N–H and O–H groups in total. The highest BCUT2D eigenvalue weighted by atomic mass is 32.1. The van der Waals surface area contributed by atoms with Crippen molar-refractivity contribution < 1.29 is 0 Å². The van der Waals surface area contributed by atoms with Gasteiger partial charge in [-0.1, -0.05) is 140 Å². The predicted octanol–water partition coefficient (Wildman–Crippen LogP) is 14.1. The fraction of sp³-hybridized carbons (Fsp3) is 0. The van der Waals surface area contributed by atoms with Crippen molar-refractivity contribution >= 4 is 73.9 Å². The second-order valence-electron chi connectivity index (χ2n) is 13.5. The van der Waals surface area contributed by atoms with E-state index in [0.717, 1.165) is 44.9 Å². The van der Waals surface area contributed by atoms with Crippen LogP contribution in [0.3, 0.4) is 0 Å². The van der Waals surface area contributed by atoms with Crippen LogP contribution in [0.1, 0.15) is 0 Å². The van der Waals surface area contributed by atoms with Gasteiger partial charge in [-0.3, -0.25) is 0 Å². The van der Waals surface area contributed by atoms with Gasteiger partial charge in [-0.2, -0.15) is 0 Å². The van der Waals surface area contributed by atoms with E-state index < -0.39 is 0 Å². The van der Waals surface area contributed by atoms with Crippen LogP contribution in [0, 0.1) is 0 Å². The van der Waals surface area contributed by atoms with E-state index in [1.807, 2.05) is 46.9 Å². The van der Waals surface area contributed by atoms with E-state index in [4.69, 9.17) is 15.0 Å². The van der Waals surface area contributed by atoms with E-state index in [1.54, 1.807) is 0 Å². The number of hydrogen-bond donors (Lipinski definition) is 0. The van der Waals surface area contributed by atoms with E-state index >= 15 is 0 Å². The molecule has 54 heavy (non-hydrogen) atoms. The molecule has 0 spiro atoms. The second kappa shape index (κ2) is 12.6. The van der Waals surface area contributed by atoms with Crippen molar-refractivity contribution in [2.45, 2.75) is 0 Å². The molecule has 0 aliphatic carbocycles. The van der Waals surface area contributed by atoms with Crippen LogP contribution in [0.15, 0.2) is 176 Å². The standard InChI is InChI=1S/C49H29N3S2/c1-3-13-30(14-4-1)39-29-40(52-49(51-39)31-15-5-2-6-16-31)33-17-11-18-34(27-33)47-48-46(38-20-8-10-23-43(38)54-48)36-26-25-32(28-41(36)50-47)35-21-12-24-44-45(35)37-19-7-9-22-42(37)53-44/h1-29H. The number of fused-ring (bicyclic) bond motifs is 8. The predicted molar refractivity (Wildman–Crippen MR) is 230 cm³/mol. The molecular formula is C49H29N3S2. The van der Waals surface area contributed by atoms with Crippen molar-refractivity contribution in [3.8, 4) is 56.3 Å². The molecule has 7 aromatic carbocycles. The maximum Gasteiger partial charge on any atom is 0.160 e. The summed E-state index contributed by atoms with van der Waals surface area (Å²) < 4.78 is 5.06. The largest absolute Gasteiger partial charge is 0.246 e. The summed E-state index contributed by atoms with van der Waals surface area (Å²) in [5, 5.41) is 6.29. The lowest BCUT2D eigenvalue weighted by molar-refractivity contribution is 1.18. The summed E-state index contributed by atoms with van der Waals surface area (Å²) in [6.07, 6.45) is 0. The summed E-state index contributed by atoms with van der Waals surface area (Å²) in [5.74, 6) is 0.703. The molecule has 0 aliphatic heterocycles. The van der Waals surface area contributed by atoms with Crippen LogP contribution >= 0.6 is 22.7 Å². The summed E-state index contributed by atoms with van der Waals surface area (Å²) in [6, 6.07) is 62.3. The number of thiophene rings is 2. The molecule has 5 heteroatoms. The molecule has 0 atom stereocenters. The summed E-state index contributed by atoms with van der Waals surface area (Å²) in [5.41, 5.74) is 10.3. The smallest absolute Gasteiger partial charge is 0.160 e.